The number of benzene rings is 1. The van der Waals surface area contributed by atoms with Crippen molar-refractivity contribution in [1.29, 1.82) is 0 Å². The van der Waals surface area contributed by atoms with Gasteiger partial charge in [0.05, 0.1) is 0 Å². The minimum absolute atomic E-state index is 1.26. The number of fused-ring (bicyclic) bond motifs is 1. The molecule has 1 aromatic heterocycles. The number of nitrogens with zero attached hydrogens (tertiary/aromatic N) is 1. The van der Waals surface area contributed by atoms with Crippen LogP contribution in [0.25, 0.3) is 16.5 Å². The third-order valence-electron chi connectivity index (χ3n) is 3.59. The number of rotatable bonds is 1. The second-order valence-corrected chi connectivity index (χ2v) is 5.76. The van der Waals surface area contributed by atoms with Crippen molar-refractivity contribution >= 4 is 10.8 Å². The van der Waals surface area contributed by atoms with Gasteiger partial charge in [-0.25, -0.2) is 12.1 Å². The number of hydrogen-bond acceptors (Lipinski definition) is 0. The summed E-state index contributed by atoms with van der Waals surface area (Å²) >= 11 is -2.77. The fourth-order valence-corrected chi connectivity index (χ4v) is 2.61. The van der Waals surface area contributed by atoms with E-state index < -0.39 is 24.5 Å². The maximum atomic E-state index is 9.80. The van der Waals surface area contributed by atoms with Crippen LogP contribution in [0.1, 0.15) is 11.3 Å². The molecule has 0 saturated heterocycles. The summed E-state index contributed by atoms with van der Waals surface area (Å²) in [6.07, 6.45) is 2.18. The standard InChI is InChI=1S/C15H14N.C5H5.2FH.Zr/c1-11-7-12(2)16(10-11)15-8-13-5-3-4-6-14(13)9-15;1-2-4-5-3-1;;;/h3-10H,1-2H3;1-5H;2*1H;/q2*-1;;;+4/p-2. The summed E-state index contributed by atoms with van der Waals surface area (Å²) in [5.74, 6) is 0. The van der Waals surface area contributed by atoms with E-state index in [0.29, 0.717) is 0 Å². The average molecular weight is 403 g/mol. The molecule has 122 valence electrons. The van der Waals surface area contributed by atoms with Crippen LogP contribution in [0.2, 0.25) is 0 Å². The van der Waals surface area contributed by atoms with Crippen molar-refractivity contribution in [3.63, 3.8) is 0 Å². The molecular formula is C20H19F2NZr. The maximum absolute atomic E-state index is 9.80. The van der Waals surface area contributed by atoms with Crippen LogP contribution in [0, 0.1) is 13.8 Å². The van der Waals surface area contributed by atoms with Gasteiger partial charge in [0.25, 0.3) is 0 Å². The first kappa shape index (κ1) is 18.5. The van der Waals surface area contributed by atoms with Crippen molar-refractivity contribution in [2.24, 2.45) is 0 Å². The van der Waals surface area contributed by atoms with Crippen LogP contribution in [-0.2, 0) is 24.5 Å². The number of hydrogen-bond donors (Lipinski definition) is 0. The number of aromatic nitrogens is 1. The van der Waals surface area contributed by atoms with Gasteiger partial charge in [-0.1, -0.05) is 6.07 Å². The molecule has 0 radical (unpaired) electrons. The first-order chi connectivity index (χ1) is 11.7. The molecule has 0 aliphatic carbocycles. The van der Waals surface area contributed by atoms with Crippen LogP contribution < -0.4 is 0 Å². The predicted molar refractivity (Wildman–Crippen MR) is 92.6 cm³/mol. The summed E-state index contributed by atoms with van der Waals surface area (Å²) in [6, 6.07) is 25.2. The molecule has 0 N–H and O–H groups in total. The molecule has 24 heavy (non-hydrogen) atoms. The molecule has 4 rings (SSSR count). The molecule has 1 heterocycles. The van der Waals surface area contributed by atoms with Crippen LogP contribution in [0.4, 0.5) is 5.25 Å². The van der Waals surface area contributed by atoms with Gasteiger partial charge in [-0.15, -0.1) is 41.1 Å². The average Bonchev–Trinajstić information content (AvgIpc) is 3.28. The Morgan fingerprint density at radius 1 is 0.958 bits per heavy atom. The molecule has 1 nitrogen and oxygen atoms in total. The Labute approximate surface area is 154 Å². The fourth-order valence-electron chi connectivity index (χ4n) is 2.61. The molecule has 0 unspecified atom stereocenters. The van der Waals surface area contributed by atoms with E-state index in [1.54, 1.807) is 0 Å². The molecule has 0 aliphatic rings. The van der Waals surface area contributed by atoms with Gasteiger partial charge in [0.15, 0.2) is 0 Å². The van der Waals surface area contributed by atoms with Gasteiger partial charge in [-0.05, 0) is 31.2 Å². The smallest absolute Gasteiger partial charge is 0.172 e. The summed E-state index contributed by atoms with van der Waals surface area (Å²) in [7, 11) is 0. The maximum Gasteiger partial charge on any atom is -0.172 e. The third kappa shape index (κ3) is 5.10. The van der Waals surface area contributed by atoms with E-state index in [4.69, 9.17) is 0 Å². The van der Waals surface area contributed by atoms with Gasteiger partial charge in [0.2, 0.25) is 0 Å². The van der Waals surface area contributed by atoms with Crippen LogP contribution in [-0.4, -0.2) is 4.57 Å². The van der Waals surface area contributed by atoms with Crippen molar-refractivity contribution in [1.82, 2.24) is 4.57 Å². The Balaban J connectivity index is 0.000000217. The van der Waals surface area contributed by atoms with Crippen LogP contribution in [0.3, 0.4) is 0 Å². The fraction of sp³-hybridized carbons (Fsp3) is 0.100. The van der Waals surface area contributed by atoms with E-state index in [1.165, 1.54) is 27.7 Å². The second-order valence-electron chi connectivity index (χ2n) is 5.40. The Kier molecular flexibility index (Phi) is 7.33. The summed E-state index contributed by atoms with van der Waals surface area (Å²) < 4.78 is 21.8. The zero-order valence-electron chi connectivity index (χ0n) is 13.7. The molecule has 0 saturated carbocycles. The Bertz CT molecular complexity index is 793. The molecule has 0 atom stereocenters. The molecule has 0 bridgehead atoms. The zero-order valence-corrected chi connectivity index (χ0v) is 16.2. The zero-order chi connectivity index (χ0) is 17.4. The first-order valence-electron chi connectivity index (χ1n) is 7.60. The Morgan fingerprint density at radius 2 is 1.62 bits per heavy atom. The van der Waals surface area contributed by atoms with E-state index in [-0.39, 0.29) is 0 Å². The molecule has 0 amide bonds. The second kappa shape index (κ2) is 9.49. The summed E-state index contributed by atoms with van der Waals surface area (Å²) in [6.45, 7) is 4.27. The monoisotopic (exact) mass is 401 g/mol. The quantitative estimate of drug-likeness (QED) is 0.334. The molecule has 0 fully saturated rings. The van der Waals surface area contributed by atoms with Crippen LogP contribution in [0.15, 0.2) is 79.0 Å². The van der Waals surface area contributed by atoms with E-state index in [1.807, 2.05) is 30.3 Å². The number of aryl methyl sites for hydroxylation is 2. The molecule has 0 spiro atoms. The van der Waals surface area contributed by atoms with Gasteiger partial charge in [-0.2, -0.15) is 18.2 Å². The normalized spacial score (nSPS) is 9.50. The van der Waals surface area contributed by atoms with Crippen LogP contribution >= 0.6 is 0 Å². The largest absolute Gasteiger partial charge is 0.214 e. The SMILES string of the molecule is Cc1cc(C)n(-c2cc3ccccc3[cH-]2)c1.[F][Zr+2][F].c1cc[cH-]c1. The molecule has 4 aromatic rings. The van der Waals surface area contributed by atoms with Gasteiger partial charge in [0, 0.05) is 11.9 Å². The molecule has 4 heteroatoms. The van der Waals surface area contributed by atoms with Crippen molar-refractivity contribution in [2.45, 2.75) is 13.8 Å². The number of halogens is 2. The van der Waals surface area contributed by atoms with Gasteiger partial charge >= 0.3 is 29.7 Å². The van der Waals surface area contributed by atoms with Crippen molar-refractivity contribution in [2.75, 3.05) is 0 Å². The topological polar surface area (TPSA) is 4.93 Å². The van der Waals surface area contributed by atoms with Gasteiger partial charge < -0.3 is 4.57 Å². The molecule has 3 aromatic carbocycles. The predicted octanol–water partition coefficient (Wildman–Crippen LogP) is 6.21. The van der Waals surface area contributed by atoms with E-state index in [0.717, 1.165) is 0 Å². The van der Waals surface area contributed by atoms with E-state index >= 15 is 0 Å². The van der Waals surface area contributed by atoms with Gasteiger partial charge in [0.1, 0.15) is 0 Å². The molecular weight excluding hydrogens is 383 g/mol. The Hall–Kier alpha value is -1.80. The summed E-state index contributed by atoms with van der Waals surface area (Å²) in [5.41, 5.74) is 3.85. The summed E-state index contributed by atoms with van der Waals surface area (Å²) in [5, 5.41) is 2.62. The van der Waals surface area contributed by atoms with Crippen molar-refractivity contribution in [3.05, 3.63) is 90.3 Å². The van der Waals surface area contributed by atoms with E-state index in [9.17, 15) is 5.25 Å². The minimum atomic E-state index is -2.77. The Morgan fingerprint density at radius 3 is 2.12 bits per heavy atom. The third-order valence-corrected chi connectivity index (χ3v) is 3.59. The minimum Gasteiger partial charge on any atom is -0.214 e. The van der Waals surface area contributed by atoms with Crippen molar-refractivity contribution in [3.8, 4) is 5.69 Å². The molecule has 0 aliphatic heterocycles. The van der Waals surface area contributed by atoms with E-state index in [2.05, 4.69) is 67.1 Å². The first-order valence-corrected chi connectivity index (χ1v) is 9.46. The van der Waals surface area contributed by atoms with Gasteiger partial charge in [-0.3, -0.25) is 0 Å². The summed E-state index contributed by atoms with van der Waals surface area (Å²) in [4.78, 5) is 0. The van der Waals surface area contributed by atoms with Crippen LogP contribution in [0.5, 0.6) is 0 Å². The van der Waals surface area contributed by atoms with Crippen molar-refractivity contribution < 1.29 is 29.7 Å².